The molecule has 4 N–H and O–H groups in total. The first kappa shape index (κ1) is 16.9. The van der Waals surface area contributed by atoms with Crippen LogP contribution in [0.25, 0.3) is 5.69 Å². The van der Waals surface area contributed by atoms with E-state index in [1.807, 2.05) is 0 Å². The monoisotopic (exact) mass is 353 g/mol. The molecule has 23 heavy (non-hydrogen) atoms. The lowest BCUT2D eigenvalue weighted by Gasteiger charge is -2.15. The smallest absolute Gasteiger partial charge is 0.431 e. The Morgan fingerprint density at radius 2 is 1.91 bits per heavy atom. The number of nitrogens with zero attached hydrogens (tertiary/aromatic N) is 1. The fourth-order valence-corrected chi connectivity index (χ4v) is 2.15. The summed E-state index contributed by atoms with van der Waals surface area (Å²) in [5.41, 5.74) is -1.67. The number of aromatic hydroxyl groups is 1. The third kappa shape index (κ3) is 2.65. The zero-order chi connectivity index (χ0) is 17.7. The van der Waals surface area contributed by atoms with Gasteiger partial charge in [-0.2, -0.15) is 13.2 Å². The summed E-state index contributed by atoms with van der Waals surface area (Å²) < 4.78 is 52.3. The lowest BCUT2D eigenvalue weighted by molar-refractivity contribution is -0.142. The van der Waals surface area contributed by atoms with Crippen molar-refractivity contribution in [3.63, 3.8) is 0 Å². The maximum atomic E-state index is 14.0. The fourth-order valence-electron chi connectivity index (χ4n) is 1.95. The quantitative estimate of drug-likeness (QED) is 0.414. The number of halogens is 5. The van der Waals surface area contributed by atoms with Gasteiger partial charge in [0.2, 0.25) is 0 Å². The van der Waals surface area contributed by atoms with E-state index in [1.54, 1.807) is 0 Å². The molecule has 6 nitrogen and oxygen atoms in total. The average Bonchev–Trinajstić information content (AvgIpc) is 2.42. The number of H-pyrrole nitrogens is 1. The van der Waals surface area contributed by atoms with Crippen LogP contribution in [-0.2, 0) is 6.18 Å². The number of aromatic nitrogens is 2. The number of phenols is 1. The molecule has 1 heterocycles. The van der Waals surface area contributed by atoms with E-state index in [-0.39, 0.29) is 4.57 Å². The molecule has 0 aliphatic carbocycles. The number of anilines is 1. The number of phenolic OH excluding ortho intramolecular Hbond substituents is 1. The third-order valence-electron chi connectivity index (χ3n) is 3.06. The van der Waals surface area contributed by atoms with Gasteiger partial charge in [-0.3, -0.25) is 4.79 Å². The van der Waals surface area contributed by atoms with Crippen molar-refractivity contribution in [3.05, 3.63) is 49.0 Å². The molecule has 0 radical (unpaired) electrons. The Morgan fingerprint density at radius 1 is 1.35 bits per heavy atom. The normalized spacial score (nSPS) is 11.7. The molecule has 0 atom stereocenters. The fraction of sp³-hybridized carbons (Fsp3) is 0.167. The summed E-state index contributed by atoms with van der Waals surface area (Å²) in [5, 5.41) is 9.09. The minimum absolute atomic E-state index is 0.0608. The van der Waals surface area contributed by atoms with Crippen molar-refractivity contribution in [1.82, 2.24) is 9.55 Å². The lowest BCUT2D eigenvalue weighted by Crippen LogP contribution is -2.39. The van der Waals surface area contributed by atoms with Crippen molar-refractivity contribution in [3.8, 4) is 11.4 Å². The average molecular weight is 354 g/mol. The zero-order valence-electron chi connectivity index (χ0n) is 11.3. The number of nitrogens with one attached hydrogen (secondary N) is 1. The van der Waals surface area contributed by atoms with E-state index in [9.17, 15) is 32.3 Å². The van der Waals surface area contributed by atoms with Gasteiger partial charge in [-0.15, -0.1) is 0 Å². The van der Waals surface area contributed by atoms with Crippen molar-refractivity contribution in [2.75, 3.05) is 5.73 Å². The van der Waals surface area contributed by atoms with Crippen molar-refractivity contribution >= 4 is 17.3 Å². The van der Waals surface area contributed by atoms with Crippen LogP contribution in [0.1, 0.15) is 11.3 Å². The van der Waals surface area contributed by atoms with Crippen LogP contribution >= 0.6 is 11.6 Å². The largest absolute Gasteiger partial charge is 0.504 e. The summed E-state index contributed by atoms with van der Waals surface area (Å²) in [6, 6.07) is 0.571. The summed E-state index contributed by atoms with van der Waals surface area (Å²) >= 11 is 5.48. The molecule has 1 aromatic heterocycles. The van der Waals surface area contributed by atoms with E-state index < -0.39 is 56.6 Å². The first-order valence-corrected chi connectivity index (χ1v) is 6.24. The van der Waals surface area contributed by atoms with Gasteiger partial charge in [-0.05, 0) is 13.0 Å². The number of benzene rings is 1. The van der Waals surface area contributed by atoms with Crippen LogP contribution in [0.2, 0.25) is 5.02 Å². The van der Waals surface area contributed by atoms with Crippen molar-refractivity contribution in [2.24, 2.45) is 0 Å². The molecule has 0 bridgehead atoms. The summed E-state index contributed by atoms with van der Waals surface area (Å²) in [6.07, 6.45) is -4.98. The number of rotatable bonds is 1. The minimum Gasteiger partial charge on any atom is -0.504 e. The van der Waals surface area contributed by atoms with E-state index in [0.29, 0.717) is 6.07 Å². The Bertz CT molecular complexity index is 918. The second kappa shape index (κ2) is 5.30. The molecule has 0 saturated heterocycles. The highest BCUT2D eigenvalue weighted by molar-refractivity contribution is 6.32. The van der Waals surface area contributed by atoms with Crippen LogP contribution < -0.4 is 17.0 Å². The Labute approximate surface area is 129 Å². The molecule has 0 unspecified atom stereocenters. The SMILES string of the molecule is Cc1c(C(F)(F)F)[nH]c(=O)n(-c2c(F)cc(Cl)c(O)c2N)c1=O. The van der Waals surface area contributed by atoms with Gasteiger partial charge in [0.05, 0.1) is 5.02 Å². The number of nitrogens with two attached hydrogens (primary N) is 1. The molecule has 0 amide bonds. The summed E-state index contributed by atoms with van der Waals surface area (Å²) in [4.78, 5) is 25.4. The predicted molar refractivity (Wildman–Crippen MR) is 73.4 cm³/mol. The molecule has 2 aromatic rings. The molecule has 124 valence electrons. The first-order valence-electron chi connectivity index (χ1n) is 5.86. The third-order valence-corrected chi connectivity index (χ3v) is 3.35. The zero-order valence-corrected chi connectivity index (χ0v) is 12.0. The lowest BCUT2D eigenvalue weighted by atomic mass is 10.2. The molecule has 2 rings (SSSR count). The van der Waals surface area contributed by atoms with Gasteiger partial charge in [0, 0.05) is 5.56 Å². The van der Waals surface area contributed by atoms with Crippen LogP contribution in [0.15, 0.2) is 15.7 Å². The highest BCUT2D eigenvalue weighted by atomic mass is 35.5. The standard InChI is InChI=1S/C12H8ClF4N3O3/c1-3-9(12(15,16)17)19-11(23)20(10(3)22)7-5(14)2-4(13)8(21)6(7)18/h2,21H,18H2,1H3,(H,19,23). The highest BCUT2D eigenvalue weighted by Crippen LogP contribution is 2.36. The Morgan fingerprint density at radius 3 is 2.43 bits per heavy atom. The maximum Gasteiger partial charge on any atom is 0.431 e. The predicted octanol–water partition coefficient (Wildman–Crippen LogP) is 1.93. The van der Waals surface area contributed by atoms with Gasteiger partial charge in [0.15, 0.2) is 11.6 Å². The number of nitrogen functional groups attached to an aromatic ring is 1. The number of alkyl halides is 3. The molecule has 11 heteroatoms. The summed E-state index contributed by atoms with van der Waals surface area (Å²) in [7, 11) is 0. The molecule has 0 fully saturated rings. The van der Waals surface area contributed by atoms with E-state index in [1.165, 1.54) is 4.98 Å². The van der Waals surface area contributed by atoms with Gasteiger partial charge >= 0.3 is 11.9 Å². The Balaban J connectivity index is 2.94. The van der Waals surface area contributed by atoms with Gasteiger partial charge in [0.1, 0.15) is 17.1 Å². The number of aromatic amines is 1. The van der Waals surface area contributed by atoms with Crippen LogP contribution in [0.4, 0.5) is 23.2 Å². The van der Waals surface area contributed by atoms with Crippen molar-refractivity contribution in [2.45, 2.75) is 13.1 Å². The topological polar surface area (TPSA) is 101 Å². The molecule has 0 aliphatic rings. The maximum absolute atomic E-state index is 14.0. The Hall–Kier alpha value is -2.49. The van der Waals surface area contributed by atoms with E-state index in [4.69, 9.17) is 17.3 Å². The number of hydrogen-bond donors (Lipinski definition) is 3. The molecule has 0 aliphatic heterocycles. The van der Waals surface area contributed by atoms with E-state index in [2.05, 4.69) is 0 Å². The molecule has 0 saturated carbocycles. The number of hydrogen-bond acceptors (Lipinski definition) is 4. The van der Waals surface area contributed by atoms with Crippen molar-refractivity contribution in [1.29, 1.82) is 0 Å². The highest BCUT2D eigenvalue weighted by Gasteiger charge is 2.36. The molecule has 1 aromatic carbocycles. The molecular weight excluding hydrogens is 346 g/mol. The van der Waals surface area contributed by atoms with Gasteiger partial charge < -0.3 is 15.8 Å². The summed E-state index contributed by atoms with van der Waals surface area (Å²) in [6.45, 7) is 0.807. The Kier molecular flexibility index (Phi) is 3.89. The first-order chi connectivity index (χ1) is 10.5. The van der Waals surface area contributed by atoms with Crippen LogP contribution in [0.3, 0.4) is 0 Å². The summed E-state index contributed by atoms with van der Waals surface area (Å²) in [5.74, 6) is -2.08. The second-order valence-corrected chi connectivity index (χ2v) is 4.93. The van der Waals surface area contributed by atoms with Crippen molar-refractivity contribution < 1.29 is 22.7 Å². The van der Waals surface area contributed by atoms with Gasteiger partial charge in [0.25, 0.3) is 5.56 Å². The van der Waals surface area contributed by atoms with E-state index in [0.717, 1.165) is 6.92 Å². The van der Waals surface area contributed by atoms with Gasteiger partial charge in [-0.25, -0.2) is 13.8 Å². The second-order valence-electron chi connectivity index (χ2n) is 4.52. The molecular formula is C12H8ClF4N3O3. The molecule has 0 spiro atoms. The minimum atomic E-state index is -4.98. The van der Waals surface area contributed by atoms with Crippen LogP contribution in [0.5, 0.6) is 5.75 Å². The van der Waals surface area contributed by atoms with Crippen LogP contribution in [-0.4, -0.2) is 14.7 Å². The van der Waals surface area contributed by atoms with E-state index >= 15 is 0 Å². The van der Waals surface area contributed by atoms with Gasteiger partial charge in [-0.1, -0.05) is 11.6 Å². The van der Waals surface area contributed by atoms with Crippen LogP contribution in [0, 0.1) is 12.7 Å².